The number of hydrogen-bond acceptors (Lipinski definition) is 5. The summed E-state index contributed by atoms with van der Waals surface area (Å²) in [7, 11) is 0. The predicted octanol–water partition coefficient (Wildman–Crippen LogP) is 2.66. The van der Waals surface area contributed by atoms with Gasteiger partial charge in [-0.3, -0.25) is 10.1 Å². The molecule has 21 heavy (non-hydrogen) atoms. The zero-order valence-electron chi connectivity index (χ0n) is 12.3. The Morgan fingerprint density at radius 2 is 2.33 bits per heavy atom. The average molecular weight is 288 g/mol. The molecule has 1 aromatic carbocycles. The summed E-state index contributed by atoms with van der Waals surface area (Å²) >= 11 is 0. The SMILES string of the molecule is CC1(C)CCCNC1CNc1cc(C#N)ccc1[N+](=O)[O-]. The van der Waals surface area contributed by atoms with Gasteiger partial charge in [0.05, 0.1) is 16.6 Å². The van der Waals surface area contributed by atoms with Crippen LogP contribution in [0.4, 0.5) is 11.4 Å². The van der Waals surface area contributed by atoms with Crippen molar-refractivity contribution in [1.29, 1.82) is 5.26 Å². The van der Waals surface area contributed by atoms with Crippen LogP contribution in [-0.4, -0.2) is 24.1 Å². The third kappa shape index (κ3) is 3.50. The van der Waals surface area contributed by atoms with Crippen molar-refractivity contribution in [2.45, 2.75) is 32.7 Å². The number of nitrogens with one attached hydrogen (secondary N) is 2. The smallest absolute Gasteiger partial charge is 0.292 e. The Morgan fingerprint density at radius 3 is 2.95 bits per heavy atom. The number of nitrogens with zero attached hydrogens (tertiary/aromatic N) is 2. The van der Waals surface area contributed by atoms with Gasteiger partial charge in [-0.1, -0.05) is 13.8 Å². The first-order chi connectivity index (χ1) is 9.94. The first kappa shape index (κ1) is 15.3. The van der Waals surface area contributed by atoms with Crippen LogP contribution in [-0.2, 0) is 0 Å². The maximum Gasteiger partial charge on any atom is 0.292 e. The molecule has 6 heteroatoms. The van der Waals surface area contributed by atoms with E-state index in [4.69, 9.17) is 5.26 Å². The Labute approximate surface area is 124 Å². The monoisotopic (exact) mass is 288 g/mol. The van der Waals surface area contributed by atoms with Crippen LogP contribution >= 0.6 is 0 Å². The number of rotatable bonds is 4. The lowest BCUT2D eigenvalue weighted by atomic mass is 9.77. The highest BCUT2D eigenvalue weighted by molar-refractivity contribution is 5.64. The first-order valence-corrected chi connectivity index (χ1v) is 7.10. The molecule has 2 N–H and O–H groups in total. The molecule has 0 aromatic heterocycles. The topological polar surface area (TPSA) is 91.0 Å². The third-order valence-corrected chi connectivity index (χ3v) is 4.15. The van der Waals surface area contributed by atoms with Crippen molar-refractivity contribution in [2.75, 3.05) is 18.4 Å². The minimum absolute atomic E-state index is 0.00242. The second-order valence-corrected chi connectivity index (χ2v) is 6.08. The van der Waals surface area contributed by atoms with E-state index >= 15 is 0 Å². The number of benzene rings is 1. The van der Waals surface area contributed by atoms with Gasteiger partial charge in [-0.25, -0.2) is 0 Å². The van der Waals surface area contributed by atoms with Gasteiger partial charge in [-0.05, 0) is 36.9 Å². The number of piperidine rings is 1. The summed E-state index contributed by atoms with van der Waals surface area (Å²) in [6.07, 6.45) is 2.28. The molecule has 1 heterocycles. The molecule has 2 rings (SSSR count). The van der Waals surface area contributed by atoms with Gasteiger partial charge in [0.25, 0.3) is 5.69 Å². The normalized spacial score (nSPS) is 20.5. The molecule has 0 aliphatic carbocycles. The van der Waals surface area contributed by atoms with Gasteiger partial charge in [-0.2, -0.15) is 5.26 Å². The molecule has 0 spiro atoms. The Hall–Kier alpha value is -2.13. The van der Waals surface area contributed by atoms with Crippen molar-refractivity contribution < 1.29 is 4.92 Å². The fraction of sp³-hybridized carbons (Fsp3) is 0.533. The van der Waals surface area contributed by atoms with Crippen LogP contribution in [0.15, 0.2) is 18.2 Å². The molecule has 0 saturated carbocycles. The molecule has 1 aliphatic rings. The molecular weight excluding hydrogens is 268 g/mol. The van der Waals surface area contributed by atoms with Crippen molar-refractivity contribution in [3.05, 3.63) is 33.9 Å². The van der Waals surface area contributed by atoms with Crippen molar-refractivity contribution in [3.63, 3.8) is 0 Å². The van der Waals surface area contributed by atoms with E-state index in [1.807, 2.05) is 6.07 Å². The van der Waals surface area contributed by atoms with Crippen molar-refractivity contribution in [1.82, 2.24) is 5.32 Å². The second-order valence-electron chi connectivity index (χ2n) is 6.08. The van der Waals surface area contributed by atoms with Crippen LogP contribution in [0.2, 0.25) is 0 Å². The number of nitro benzene ring substituents is 1. The lowest BCUT2D eigenvalue weighted by molar-refractivity contribution is -0.384. The summed E-state index contributed by atoms with van der Waals surface area (Å²) in [5.41, 5.74) is 0.969. The van der Waals surface area contributed by atoms with Gasteiger partial charge >= 0.3 is 0 Å². The number of nitro groups is 1. The van der Waals surface area contributed by atoms with Crippen molar-refractivity contribution in [2.24, 2.45) is 5.41 Å². The highest BCUT2D eigenvalue weighted by atomic mass is 16.6. The maximum atomic E-state index is 11.1. The minimum atomic E-state index is -0.428. The zero-order valence-corrected chi connectivity index (χ0v) is 12.3. The Kier molecular flexibility index (Phi) is 4.43. The molecule has 112 valence electrons. The van der Waals surface area contributed by atoms with Gasteiger partial charge in [0, 0.05) is 18.7 Å². The molecule has 0 bridgehead atoms. The van der Waals surface area contributed by atoms with E-state index in [2.05, 4.69) is 24.5 Å². The summed E-state index contributed by atoms with van der Waals surface area (Å²) in [5, 5.41) is 26.6. The molecular formula is C15H20N4O2. The summed E-state index contributed by atoms with van der Waals surface area (Å²) < 4.78 is 0. The third-order valence-electron chi connectivity index (χ3n) is 4.15. The molecule has 1 aromatic rings. The molecule has 1 atom stereocenters. The van der Waals surface area contributed by atoms with E-state index < -0.39 is 4.92 Å². The number of hydrogen-bond donors (Lipinski definition) is 2. The van der Waals surface area contributed by atoms with Crippen molar-refractivity contribution in [3.8, 4) is 6.07 Å². The highest BCUT2D eigenvalue weighted by Crippen LogP contribution is 2.31. The lowest BCUT2D eigenvalue weighted by Gasteiger charge is -2.39. The van der Waals surface area contributed by atoms with E-state index in [9.17, 15) is 10.1 Å². The van der Waals surface area contributed by atoms with E-state index in [0.29, 0.717) is 17.8 Å². The van der Waals surface area contributed by atoms with Crippen LogP contribution in [0.25, 0.3) is 0 Å². The average Bonchev–Trinajstić information content (AvgIpc) is 2.45. The van der Waals surface area contributed by atoms with E-state index in [-0.39, 0.29) is 17.1 Å². The Morgan fingerprint density at radius 1 is 1.57 bits per heavy atom. The van der Waals surface area contributed by atoms with Crippen LogP contribution in [0.5, 0.6) is 0 Å². The summed E-state index contributed by atoms with van der Waals surface area (Å²) in [5.74, 6) is 0. The largest absolute Gasteiger partial charge is 0.378 e. The Bertz CT molecular complexity index is 578. The summed E-state index contributed by atoms with van der Waals surface area (Å²) in [6, 6.07) is 6.63. The van der Waals surface area contributed by atoms with Gasteiger partial charge < -0.3 is 10.6 Å². The van der Waals surface area contributed by atoms with E-state index in [1.165, 1.54) is 18.2 Å². The molecule has 1 saturated heterocycles. The summed E-state index contributed by atoms with van der Waals surface area (Å²) in [4.78, 5) is 10.6. The van der Waals surface area contributed by atoms with Crippen LogP contribution in [0.1, 0.15) is 32.3 Å². The fourth-order valence-corrected chi connectivity index (χ4v) is 2.74. The minimum Gasteiger partial charge on any atom is -0.378 e. The maximum absolute atomic E-state index is 11.1. The van der Waals surface area contributed by atoms with Gasteiger partial charge in [-0.15, -0.1) is 0 Å². The van der Waals surface area contributed by atoms with Gasteiger partial charge in [0.2, 0.25) is 0 Å². The Balaban J connectivity index is 2.15. The molecule has 1 unspecified atom stereocenters. The quantitative estimate of drug-likeness (QED) is 0.656. The number of nitriles is 1. The molecule has 1 aliphatic heterocycles. The van der Waals surface area contributed by atoms with E-state index in [0.717, 1.165) is 19.4 Å². The second kappa shape index (κ2) is 6.10. The molecule has 1 fully saturated rings. The van der Waals surface area contributed by atoms with Crippen LogP contribution in [0, 0.1) is 26.9 Å². The molecule has 0 amide bonds. The molecule has 6 nitrogen and oxygen atoms in total. The number of anilines is 1. The lowest BCUT2D eigenvalue weighted by Crippen LogP contribution is -2.50. The van der Waals surface area contributed by atoms with Gasteiger partial charge in [0.15, 0.2) is 0 Å². The van der Waals surface area contributed by atoms with Gasteiger partial charge in [0.1, 0.15) is 5.69 Å². The zero-order chi connectivity index (χ0) is 15.5. The molecule has 0 radical (unpaired) electrons. The van der Waals surface area contributed by atoms with E-state index in [1.54, 1.807) is 0 Å². The van der Waals surface area contributed by atoms with Crippen LogP contribution in [0.3, 0.4) is 0 Å². The highest BCUT2D eigenvalue weighted by Gasteiger charge is 2.32. The van der Waals surface area contributed by atoms with Crippen LogP contribution < -0.4 is 10.6 Å². The van der Waals surface area contributed by atoms with Crippen molar-refractivity contribution >= 4 is 11.4 Å². The first-order valence-electron chi connectivity index (χ1n) is 7.10. The fourth-order valence-electron chi connectivity index (χ4n) is 2.74. The standard InChI is InChI=1S/C15H20N4O2/c1-15(2)6-3-7-17-14(15)10-18-12-8-11(9-16)4-5-13(12)19(20)21/h4-5,8,14,17-18H,3,6-7,10H2,1-2H3. The predicted molar refractivity (Wildman–Crippen MR) is 81.1 cm³/mol. The summed E-state index contributed by atoms with van der Waals surface area (Å²) in [6.45, 7) is 5.97.